The normalized spacial score (nSPS) is 15.6. The zero-order valence-corrected chi connectivity index (χ0v) is 17.8. The van der Waals surface area contributed by atoms with Crippen LogP contribution in [0.1, 0.15) is 29.8 Å². The van der Waals surface area contributed by atoms with E-state index < -0.39 is 10.0 Å². The molecule has 1 fully saturated rings. The van der Waals surface area contributed by atoms with E-state index in [0.717, 1.165) is 0 Å². The van der Waals surface area contributed by atoms with E-state index in [1.165, 1.54) is 4.31 Å². The summed E-state index contributed by atoms with van der Waals surface area (Å²) in [6.45, 7) is 5.69. The molecule has 1 amide bonds. The van der Waals surface area contributed by atoms with Gasteiger partial charge in [-0.15, -0.1) is 0 Å². The number of amides is 1. The van der Waals surface area contributed by atoms with Crippen LogP contribution in [0.3, 0.4) is 0 Å². The number of benzene rings is 2. The lowest BCUT2D eigenvalue weighted by atomic mass is 10.1. The first-order chi connectivity index (χ1) is 14.4. The molecular formula is C21H25N3O5S. The molecular weight excluding hydrogens is 406 g/mol. The molecule has 0 unspecified atom stereocenters. The summed E-state index contributed by atoms with van der Waals surface area (Å²) in [7, 11) is -3.54. The van der Waals surface area contributed by atoms with Gasteiger partial charge in [0.15, 0.2) is 0 Å². The van der Waals surface area contributed by atoms with E-state index in [1.54, 1.807) is 55.5 Å². The van der Waals surface area contributed by atoms with Crippen LogP contribution in [0.5, 0.6) is 5.75 Å². The van der Waals surface area contributed by atoms with Crippen LogP contribution in [-0.4, -0.2) is 57.3 Å². The Morgan fingerprint density at radius 2 is 1.67 bits per heavy atom. The minimum atomic E-state index is -3.54. The summed E-state index contributed by atoms with van der Waals surface area (Å²) in [5.74, 6) is 0.352. The third kappa shape index (κ3) is 5.24. The fourth-order valence-electron chi connectivity index (χ4n) is 2.94. The second kappa shape index (κ2) is 9.84. The Balaban J connectivity index is 1.65. The van der Waals surface area contributed by atoms with Crippen LogP contribution in [0.25, 0.3) is 0 Å². The lowest BCUT2D eigenvalue weighted by Gasteiger charge is -2.26. The third-order valence-electron chi connectivity index (χ3n) is 4.63. The molecule has 0 bridgehead atoms. The number of hydrazone groups is 1. The van der Waals surface area contributed by atoms with Crippen LogP contribution in [0.15, 0.2) is 58.5 Å². The topological polar surface area (TPSA) is 97.3 Å². The van der Waals surface area contributed by atoms with Crippen molar-refractivity contribution in [3.8, 4) is 5.75 Å². The van der Waals surface area contributed by atoms with Gasteiger partial charge in [-0.25, -0.2) is 13.8 Å². The molecule has 160 valence electrons. The van der Waals surface area contributed by atoms with Crippen LogP contribution in [0.2, 0.25) is 0 Å². The van der Waals surface area contributed by atoms with Crippen LogP contribution < -0.4 is 10.2 Å². The molecule has 0 aromatic heterocycles. The summed E-state index contributed by atoms with van der Waals surface area (Å²) >= 11 is 0. The molecule has 8 nitrogen and oxygen atoms in total. The van der Waals surface area contributed by atoms with Crippen LogP contribution in [-0.2, 0) is 14.8 Å². The second-order valence-corrected chi connectivity index (χ2v) is 8.57. The van der Waals surface area contributed by atoms with Gasteiger partial charge in [-0.2, -0.15) is 9.41 Å². The number of hydrogen-bond donors (Lipinski definition) is 1. The molecule has 3 rings (SSSR count). The number of hydrogen-bond acceptors (Lipinski definition) is 6. The third-order valence-corrected chi connectivity index (χ3v) is 6.55. The molecule has 1 N–H and O–H groups in total. The van der Waals surface area contributed by atoms with Gasteiger partial charge in [-0.05, 0) is 55.8 Å². The highest BCUT2D eigenvalue weighted by Crippen LogP contribution is 2.18. The van der Waals surface area contributed by atoms with Gasteiger partial charge in [0, 0.05) is 18.7 Å². The number of ether oxygens (including phenoxy) is 2. The van der Waals surface area contributed by atoms with Crippen molar-refractivity contribution in [3.05, 3.63) is 59.7 Å². The van der Waals surface area contributed by atoms with Crippen LogP contribution in [0.4, 0.5) is 0 Å². The number of rotatable bonds is 7. The SMILES string of the molecule is CCOc1ccc(C(=O)N/N=C(\C)c2ccc(S(=O)(=O)N3CCOCC3)cc2)cc1. The Hall–Kier alpha value is -2.75. The van der Waals surface area contributed by atoms with Gasteiger partial charge in [0.1, 0.15) is 5.75 Å². The van der Waals surface area contributed by atoms with Crippen molar-refractivity contribution in [1.82, 2.24) is 9.73 Å². The number of nitrogens with one attached hydrogen (secondary N) is 1. The van der Waals surface area contributed by atoms with Gasteiger partial charge in [0.2, 0.25) is 10.0 Å². The highest BCUT2D eigenvalue weighted by molar-refractivity contribution is 7.89. The van der Waals surface area contributed by atoms with E-state index in [2.05, 4.69) is 10.5 Å². The number of carbonyl (C=O) groups is 1. The molecule has 1 aliphatic rings. The molecule has 0 aliphatic carbocycles. The molecule has 9 heteroatoms. The molecule has 0 atom stereocenters. The first kappa shape index (κ1) is 21.9. The van der Waals surface area contributed by atoms with E-state index in [1.807, 2.05) is 6.92 Å². The largest absolute Gasteiger partial charge is 0.494 e. The van der Waals surface area contributed by atoms with E-state index >= 15 is 0 Å². The number of carbonyl (C=O) groups excluding carboxylic acids is 1. The summed E-state index contributed by atoms with van der Waals surface area (Å²) in [4.78, 5) is 12.5. The molecule has 0 saturated carbocycles. The predicted molar refractivity (Wildman–Crippen MR) is 113 cm³/mol. The Kier molecular flexibility index (Phi) is 7.20. The summed E-state index contributed by atoms with van der Waals surface area (Å²) < 4.78 is 37.4. The smallest absolute Gasteiger partial charge is 0.271 e. The Labute approximate surface area is 176 Å². The Morgan fingerprint density at radius 3 is 2.27 bits per heavy atom. The summed E-state index contributed by atoms with van der Waals surface area (Å²) in [6.07, 6.45) is 0. The molecule has 1 saturated heterocycles. The Morgan fingerprint density at radius 1 is 1.07 bits per heavy atom. The Bertz CT molecular complexity index is 996. The maximum absolute atomic E-state index is 12.7. The molecule has 1 heterocycles. The lowest BCUT2D eigenvalue weighted by molar-refractivity contribution is 0.0730. The summed E-state index contributed by atoms with van der Waals surface area (Å²) in [6, 6.07) is 13.2. The molecule has 2 aromatic carbocycles. The van der Waals surface area contributed by atoms with Gasteiger partial charge < -0.3 is 9.47 Å². The zero-order chi connectivity index (χ0) is 21.6. The fourth-order valence-corrected chi connectivity index (χ4v) is 4.35. The van der Waals surface area contributed by atoms with E-state index in [9.17, 15) is 13.2 Å². The van der Waals surface area contributed by atoms with E-state index in [4.69, 9.17) is 9.47 Å². The van der Waals surface area contributed by atoms with Crippen molar-refractivity contribution >= 4 is 21.6 Å². The number of nitrogens with zero attached hydrogens (tertiary/aromatic N) is 2. The highest BCUT2D eigenvalue weighted by atomic mass is 32.2. The van der Waals surface area contributed by atoms with Crippen molar-refractivity contribution in [2.75, 3.05) is 32.9 Å². The summed E-state index contributed by atoms with van der Waals surface area (Å²) in [5, 5.41) is 4.12. The molecule has 1 aliphatic heterocycles. The van der Waals surface area contributed by atoms with Crippen molar-refractivity contribution in [3.63, 3.8) is 0 Å². The van der Waals surface area contributed by atoms with Crippen molar-refractivity contribution in [2.24, 2.45) is 5.10 Å². The maximum Gasteiger partial charge on any atom is 0.271 e. The highest BCUT2D eigenvalue weighted by Gasteiger charge is 2.26. The van der Waals surface area contributed by atoms with E-state index in [-0.39, 0.29) is 10.8 Å². The number of sulfonamides is 1. The average Bonchev–Trinajstić information content (AvgIpc) is 2.78. The lowest BCUT2D eigenvalue weighted by Crippen LogP contribution is -2.40. The number of morpholine rings is 1. The molecule has 0 spiro atoms. The molecule has 0 radical (unpaired) electrons. The quantitative estimate of drug-likeness (QED) is 0.536. The molecule has 2 aromatic rings. The average molecular weight is 432 g/mol. The zero-order valence-electron chi connectivity index (χ0n) is 17.0. The molecule has 30 heavy (non-hydrogen) atoms. The van der Waals surface area contributed by atoms with Gasteiger partial charge in [0.05, 0.1) is 30.4 Å². The van der Waals surface area contributed by atoms with Crippen molar-refractivity contribution in [1.29, 1.82) is 0 Å². The first-order valence-corrected chi connectivity index (χ1v) is 11.1. The maximum atomic E-state index is 12.7. The summed E-state index contributed by atoms with van der Waals surface area (Å²) in [5.41, 5.74) is 4.24. The van der Waals surface area contributed by atoms with Gasteiger partial charge in [0.25, 0.3) is 5.91 Å². The van der Waals surface area contributed by atoms with Crippen molar-refractivity contribution in [2.45, 2.75) is 18.7 Å². The van der Waals surface area contributed by atoms with Gasteiger partial charge >= 0.3 is 0 Å². The van der Waals surface area contributed by atoms with Gasteiger partial charge in [-0.1, -0.05) is 12.1 Å². The van der Waals surface area contributed by atoms with Gasteiger partial charge in [-0.3, -0.25) is 4.79 Å². The second-order valence-electron chi connectivity index (χ2n) is 6.64. The van der Waals surface area contributed by atoms with Crippen LogP contribution >= 0.6 is 0 Å². The standard InChI is InChI=1S/C21H25N3O5S/c1-3-29-19-8-4-18(5-9-19)21(25)23-22-16(2)17-6-10-20(11-7-17)30(26,27)24-12-14-28-15-13-24/h4-11H,3,12-15H2,1-2H3,(H,23,25)/b22-16+. The first-order valence-electron chi connectivity index (χ1n) is 9.67. The predicted octanol–water partition coefficient (Wildman–Crippen LogP) is 2.26. The van der Waals surface area contributed by atoms with E-state index in [0.29, 0.717) is 55.5 Å². The van der Waals surface area contributed by atoms with Crippen LogP contribution in [0, 0.1) is 0 Å². The van der Waals surface area contributed by atoms with Crippen molar-refractivity contribution < 1.29 is 22.7 Å². The minimum absolute atomic E-state index is 0.222. The monoisotopic (exact) mass is 431 g/mol. The minimum Gasteiger partial charge on any atom is -0.494 e. The fraction of sp³-hybridized carbons (Fsp3) is 0.333.